The molecule has 1 amide bonds. The lowest BCUT2D eigenvalue weighted by Crippen LogP contribution is -2.29. The number of hydrogen-bond donors (Lipinski definition) is 2. The van der Waals surface area contributed by atoms with E-state index in [2.05, 4.69) is 0 Å². The maximum absolute atomic E-state index is 12.7. The van der Waals surface area contributed by atoms with Gasteiger partial charge in [-0.2, -0.15) is 0 Å². The Kier molecular flexibility index (Phi) is 2.86. The normalized spacial score (nSPS) is 13.3. The van der Waals surface area contributed by atoms with Crippen LogP contribution in [0.2, 0.25) is 0 Å². The number of aromatic hydroxyl groups is 1. The lowest BCUT2D eigenvalue weighted by molar-refractivity contribution is 0.0988. The average Bonchev–Trinajstić information content (AvgIpc) is 2.84. The summed E-state index contributed by atoms with van der Waals surface area (Å²) in [6.45, 7) is 2.39. The van der Waals surface area contributed by atoms with E-state index in [1.54, 1.807) is 30.0 Å². The molecule has 1 aliphatic rings. The van der Waals surface area contributed by atoms with E-state index in [9.17, 15) is 9.90 Å². The molecule has 3 N–H and O–H groups in total. The zero-order chi connectivity index (χ0) is 14.3. The van der Waals surface area contributed by atoms with Gasteiger partial charge in [0.15, 0.2) is 0 Å². The SMILES string of the molecule is Cc1c(O)cccc1C(=O)N1CCc2ccc(N)cc21. The van der Waals surface area contributed by atoms with Crippen molar-refractivity contribution in [3.63, 3.8) is 0 Å². The Morgan fingerprint density at radius 3 is 2.90 bits per heavy atom. The van der Waals surface area contributed by atoms with E-state index in [0.29, 0.717) is 23.4 Å². The van der Waals surface area contributed by atoms with Crippen LogP contribution in [0.25, 0.3) is 0 Å². The van der Waals surface area contributed by atoms with E-state index >= 15 is 0 Å². The van der Waals surface area contributed by atoms with E-state index < -0.39 is 0 Å². The van der Waals surface area contributed by atoms with Gasteiger partial charge in [-0.25, -0.2) is 0 Å². The second-order valence-corrected chi connectivity index (χ2v) is 5.04. The molecule has 3 rings (SSSR count). The predicted molar refractivity (Wildman–Crippen MR) is 79.1 cm³/mol. The number of phenolic OH excluding ortho intramolecular Hbond substituents is 1. The van der Waals surface area contributed by atoms with Crippen LogP contribution in [-0.4, -0.2) is 17.6 Å². The van der Waals surface area contributed by atoms with Crippen LogP contribution in [-0.2, 0) is 6.42 Å². The Morgan fingerprint density at radius 1 is 1.30 bits per heavy atom. The first-order valence-corrected chi connectivity index (χ1v) is 6.57. The van der Waals surface area contributed by atoms with Gasteiger partial charge in [-0.1, -0.05) is 12.1 Å². The monoisotopic (exact) mass is 268 g/mol. The van der Waals surface area contributed by atoms with E-state index in [0.717, 1.165) is 17.7 Å². The van der Waals surface area contributed by atoms with Crippen LogP contribution in [0.5, 0.6) is 5.75 Å². The van der Waals surface area contributed by atoms with Crippen LogP contribution < -0.4 is 10.6 Å². The van der Waals surface area contributed by atoms with E-state index in [1.807, 2.05) is 18.2 Å². The second kappa shape index (κ2) is 4.56. The number of nitrogens with zero attached hydrogens (tertiary/aromatic N) is 1. The third-order valence-electron chi connectivity index (χ3n) is 3.79. The van der Waals surface area contributed by atoms with Crippen LogP contribution >= 0.6 is 0 Å². The quantitative estimate of drug-likeness (QED) is 0.781. The molecule has 0 saturated carbocycles. The summed E-state index contributed by atoms with van der Waals surface area (Å²) in [5.74, 6) is 0.0468. The number of hydrogen-bond acceptors (Lipinski definition) is 3. The van der Waals surface area contributed by atoms with Gasteiger partial charge in [0.25, 0.3) is 5.91 Å². The molecule has 4 heteroatoms. The molecular formula is C16H16N2O2. The molecule has 0 saturated heterocycles. The van der Waals surface area contributed by atoms with E-state index in [1.165, 1.54) is 0 Å². The highest BCUT2D eigenvalue weighted by Crippen LogP contribution is 2.32. The number of carbonyl (C=O) groups is 1. The van der Waals surface area contributed by atoms with Gasteiger partial charge < -0.3 is 15.7 Å². The highest BCUT2D eigenvalue weighted by molar-refractivity contribution is 6.08. The molecule has 0 atom stereocenters. The lowest BCUT2D eigenvalue weighted by Gasteiger charge is -2.19. The molecule has 0 aromatic heterocycles. The van der Waals surface area contributed by atoms with Crippen LogP contribution in [0.4, 0.5) is 11.4 Å². The summed E-state index contributed by atoms with van der Waals surface area (Å²) in [6, 6.07) is 10.7. The minimum Gasteiger partial charge on any atom is -0.508 e. The third-order valence-corrected chi connectivity index (χ3v) is 3.79. The molecule has 0 radical (unpaired) electrons. The Balaban J connectivity index is 2.02. The highest BCUT2D eigenvalue weighted by atomic mass is 16.3. The largest absolute Gasteiger partial charge is 0.508 e. The summed E-state index contributed by atoms with van der Waals surface area (Å²) in [5.41, 5.74) is 9.59. The Hall–Kier alpha value is -2.49. The van der Waals surface area contributed by atoms with Gasteiger partial charge in [-0.3, -0.25) is 4.79 Å². The number of carbonyl (C=O) groups excluding carboxylic acids is 1. The van der Waals surface area contributed by atoms with Crippen molar-refractivity contribution in [3.05, 3.63) is 53.1 Å². The Bertz CT molecular complexity index is 695. The Labute approximate surface area is 117 Å². The molecule has 20 heavy (non-hydrogen) atoms. The number of nitrogens with two attached hydrogens (primary N) is 1. The van der Waals surface area contributed by atoms with Gasteiger partial charge >= 0.3 is 0 Å². The standard InChI is InChI=1S/C16H16N2O2/c1-10-13(3-2-4-15(10)19)16(20)18-8-7-11-5-6-12(17)9-14(11)18/h2-6,9,19H,7-8,17H2,1H3. The smallest absolute Gasteiger partial charge is 0.258 e. The zero-order valence-corrected chi connectivity index (χ0v) is 11.3. The van der Waals surface area contributed by atoms with Crippen molar-refractivity contribution in [2.24, 2.45) is 0 Å². The van der Waals surface area contributed by atoms with Gasteiger partial charge in [0.2, 0.25) is 0 Å². The fourth-order valence-electron chi connectivity index (χ4n) is 2.61. The minimum atomic E-state index is -0.0947. The van der Waals surface area contributed by atoms with Crippen molar-refractivity contribution in [1.29, 1.82) is 0 Å². The zero-order valence-electron chi connectivity index (χ0n) is 11.3. The van der Waals surface area contributed by atoms with E-state index in [4.69, 9.17) is 5.73 Å². The molecule has 1 aliphatic heterocycles. The van der Waals surface area contributed by atoms with Crippen molar-refractivity contribution in [3.8, 4) is 5.75 Å². The van der Waals surface area contributed by atoms with Crippen molar-refractivity contribution >= 4 is 17.3 Å². The summed E-state index contributed by atoms with van der Waals surface area (Å²) in [5, 5.41) is 9.74. The number of anilines is 2. The van der Waals surface area contributed by atoms with Crippen LogP contribution in [0.3, 0.4) is 0 Å². The minimum absolute atomic E-state index is 0.0947. The molecule has 1 heterocycles. The maximum Gasteiger partial charge on any atom is 0.258 e. The first-order chi connectivity index (χ1) is 9.58. The maximum atomic E-state index is 12.7. The molecule has 102 valence electrons. The van der Waals surface area contributed by atoms with Gasteiger partial charge in [-0.15, -0.1) is 0 Å². The molecule has 0 unspecified atom stereocenters. The number of phenols is 1. The number of amides is 1. The number of benzene rings is 2. The highest BCUT2D eigenvalue weighted by Gasteiger charge is 2.26. The van der Waals surface area contributed by atoms with Crippen LogP contribution in [0, 0.1) is 6.92 Å². The number of fused-ring (bicyclic) bond motifs is 1. The summed E-state index contributed by atoms with van der Waals surface area (Å²) < 4.78 is 0. The van der Waals surface area contributed by atoms with E-state index in [-0.39, 0.29) is 11.7 Å². The fourth-order valence-corrected chi connectivity index (χ4v) is 2.61. The molecule has 0 spiro atoms. The molecule has 2 aromatic carbocycles. The predicted octanol–water partition coefficient (Wildman–Crippen LogP) is 2.49. The summed E-state index contributed by atoms with van der Waals surface area (Å²) in [6.07, 6.45) is 0.833. The lowest BCUT2D eigenvalue weighted by atomic mass is 10.1. The second-order valence-electron chi connectivity index (χ2n) is 5.04. The topological polar surface area (TPSA) is 66.6 Å². The van der Waals surface area contributed by atoms with Gasteiger partial charge in [0, 0.05) is 29.0 Å². The van der Waals surface area contributed by atoms with Gasteiger partial charge in [-0.05, 0) is 43.2 Å². The molecule has 0 aliphatic carbocycles. The third kappa shape index (κ3) is 1.90. The Morgan fingerprint density at radius 2 is 2.10 bits per heavy atom. The number of nitrogen functional groups attached to an aromatic ring is 1. The van der Waals surface area contributed by atoms with Crippen molar-refractivity contribution in [2.45, 2.75) is 13.3 Å². The molecule has 4 nitrogen and oxygen atoms in total. The van der Waals surface area contributed by atoms with Gasteiger partial charge in [0.1, 0.15) is 5.75 Å². The first-order valence-electron chi connectivity index (χ1n) is 6.57. The first kappa shape index (κ1) is 12.5. The molecule has 0 bridgehead atoms. The summed E-state index contributed by atoms with van der Waals surface area (Å²) >= 11 is 0. The average molecular weight is 268 g/mol. The molecule has 2 aromatic rings. The van der Waals surface area contributed by atoms with Gasteiger partial charge in [0.05, 0.1) is 0 Å². The molecule has 0 fully saturated rings. The summed E-state index contributed by atoms with van der Waals surface area (Å²) in [4.78, 5) is 14.4. The fraction of sp³-hybridized carbons (Fsp3) is 0.188. The van der Waals surface area contributed by atoms with Crippen molar-refractivity contribution in [1.82, 2.24) is 0 Å². The summed E-state index contributed by atoms with van der Waals surface area (Å²) in [7, 11) is 0. The van der Waals surface area contributed by atoms with Crippen LogP contribution in [0.1, 0.15) is 21.5 Å². The molecular weight excluding hydrogens is 252 g/mol. The number of rotatable bonds is 1. The van der Waals surface area contributed by atoms with Crippen molar-refractivity contribution in [2.75, 3.05) is 17.2 Å². The van der Waals surface area contributed by atoms with Crippen molar-refractivity contribution < 1.29 is 9.90 Å². The van der Waals surface area contributed by atoms with Crippen LogP contribution in [0.15, 0.2) is 36.4 Å².